The van der Waals surface area contributed by atoms with Crippen LogP contribution in [0.1, 0.15) is 71.8 Å². The highest BCUT2D eigenvalue weighted by Crippen LogP contribution is 2.61. The summed E-state index contributed by atoms with van der Waals surface area (Å²) in [6, 6.07) is 1.97. The summed E-state index contributed by atoms with van der Waals surface area (Å²) in [4.78, 5) is 14.2. The Morgan fingerprint density at radius 1 is 0.977 bits per heavy atom. The Balaban J connectivity index is 1.37. The van der Waals surface area contributed by atoms with Crippen molar-refractivity contribution in [2.24, 2.45) is 16.7 Å². The van der Waals surface area contributed by atoms with E-state index >= 15 is 0 Å². The summed E-state index contributed by atoms with van der Waals surface area (Å²) < 4.78 is 28.4. The maximum absolute atomic E-state index is 14.2. The molecule has 0 radical (unpaired) electrons. The molecule has 5 rings (SSSR count). The third-order valence-electron chi connectivity index (χ3n) is 10.8. The van der Waals surface area contributed by atoms with E-state index in [0.29, 0.717) is 6.42 Å². The number of esters is 1. The van der Waals surface area contributed by atoms with Crippen LogP contribution in [0.25, 0.3) is 0 Å². The van der Waals surface area contributed by atoms with Gasteiger partial charge < -0.3 is 54.0 Å². The summed E-state index contributed by atoms with van der Waals surface area (Å²) in [6.07, 6.45) is -5.74. The third kappa shape index (κ3) is 6.01. The molecule has 6 N–H and O–H groups in total. The lowest BCUT2D eigenvalue weighted by Crippen LogP contribution is -2.64. The minimum Gasteiger partial charge on any atom is -0.472 e. The van der Waals surface area contributed by atoms with Gasteiger partial charge in [-0.1, -0.05) is 24.5 Å². The van der Waals surface area contributed by atoms with E-state index in [1.54, 1.807) is 12.5 Å². The first kappa shape index (κ1) is 33.5. The normalized spacial score (nSPS) is 44.7. The number of hydrogen-bond acceptors (Lipinski definition) is 12. The van der Waals surface area contributed by atoms with Crippen LogP contribution < -0.4 is 0 Å². The molecule has 13 atom stereocenters. The summed E-state index contributed by atoms with van der Waals surface area (Å²) in [5.41, 5.74) is 2.69. The Labute approximate surface area is 257 Å². The first-order valence-corrected chi connectivity index (χ1v) is 15.7. The molecular formula is C32H48O12. The molecule has 0 bridgehead atoms. The minimum absolute atomic E-state index is 0.0348. The van der Waals surface area contributed by atoms with Gasteiger partial charge in [-0.2, -0.15) is 0 Å². The van der Waals surface area contributed by atoms with Crippen molar-refractivity contribution in [3.05, 3.63) is 35.3 Å². The van der Waals surface area contributed by atoms with Crippen LogP contribution in [0, 0.1) is 16.7 Å². The van der Waals surface area contributed by atoms with Gasteiger partial charge in [0.15, 0.2) is 12.4 Å². The maximum Gasteiger partial charge on any atom is 0.314 e. The number of aliphatic hydroxyl groups is 6. The summed E-state index contributed by atoms with van der Waals surface area (Å²) in [6.45, 7) is 7.14. The topological polar surface area (TPSA) is 189 Å². The second kappa shape index (κ2) is 13.1. The second-order valence-corrected chi connectivity index (χ2v) is 13.6. The molecule has 13 unspecified atom stereocenters. The van der Waals surface area contributed by atoms with Gasteiger partial charge in [0, 0.05) is 0 Å². The first-order valence-electron chi connectivity index (χ1n) is 15.7. The van der Waals surface area contributed by atoms with Crippen molar-refractivity contribution in [2.45, 2.75) is 134 Å². The van der Waals surface area contributed by atoms with E-state index < -0.39 is 79.4 Å². The van der Waals surface area contributed by atoms with Crippen molar-refractivity contribution < 1.29 is 58.8 Å². The van der Waals surface area contributed by atoms with Crippen LogP contribution in [0.15, 0.2) is 34.2 Å². The number of carbonyl (C=O) groups excluding carboxylic acids is 1. The number of hydrogen-bond donors (Lipinski definition) is 6. The number of furan rings is 1. The van der Waals surface area contributed by atoms with Gasteiger partial charge in [-0.25, -0.2) is 0 Å². The molecule has 12 nitrogen and oxygen atoms in total. The molecule has 2 aliphatic heterocycles. The number of fused-ring (bicyclic) bond motifs is 1. The molecule has 2 aliphatic carbocycles. The molecule has 12 heteroatoms. The van der Waals surface area contributed by atoms with Crippen molar-refractivity contribution in [3.8, 4) is 0 Å². The molecule has 3 fully saturated rings. The Hall–Kier alpha value is -1.87. The average Bonchev–Trinajstić information content (AvgIpc) is 3.51. The van der Waals surface area contributed by atoms with Gasteiger partial charge in [0.2, 0.25) is 6.29 Å². The van der Waals surface area contributed by atoms with Crippen LogP contribution in [0.3, 0.4) is 0 Å². The number of ether oxygens (including phenoxy) is 4. The highest BCUT2D eigenvalue weighted by Gasteiger charge is 2.58. The van der Waals surface area contributed by atoms with E-state index in [0.717, 1.165) is 44.1 Å². The van der Waals surface area contributed by atoms with Crippen LogP contribution >= 0.6 is 0 Å². The largest absolute Gasteiger partial charge is 0.472 e. The molecule has 0 amide bonds. The standard InChI is InChI=1S/C32H48O12/c1-16-6-9-21-31(3,19(16)8-7-18-10-13-40-15-18)11-5-12-32(21,4)30(39)44-29-27(25(37)23(35)20(14-33)42-29)43-28-26(38)24(36)22(34)17(2)41-28/h10,13,15,17,20-29,33-38H,5-9,11-12,14H2,1-4H3. The number of allylic oxidation sites excluding steroid dienone is 2. The van der Waals surface area contributed by atoms with E-state index in [1.807, 2.05) is 13.0 Å². The first-order chi connectivity index (χ1) is 20.8. The van der Waals surface area contributed by atoms with Gasteiger partial charge in [-0.15, -0.1) is 0 Å². The zero-order valence-electron chi connectivity index (χ0n) is 25.9. The Bertz CT molecular complexity index is 1170. The van der Waals surface area contributed by atoms with Crippen molar-refractivity contribution >= 4 is 5.97 Å². The summed E-state index contributed by atoms with van der Waals surface area (Å²) in [5, 5.41) is 62.3. The van der Waals surface area contributed by atoms with Crippen molar-refractivity contribution in [3.63, 3.8) is 0 Å². The fraction of sp³-hybridized carbons (Fsp3) is 0.781. The van der Waals surface area contributed by atoms with Gasteiger partial charge in [0.25, 0.3) is 0 Å². The van der Waals surface area contributed by atoms with Gasteiger partial charge in [0.1, 0.15) is 36.6 Å². The lowest BCUT2D eigenvalue weighted by atomic mass is 9.49. The number of aliphatic hydroxyl groups excluding tert-OH is 6. The average molecular weight is 625 g/mol. The molecule has 2 saturated heterocycles. The Morgan fingerprint density at radius 3 is 2.41 bits per heavy atom. The van der Waals surface area contributed by atoms with Crippen molar-refractivity contribution in [2.75, 3.05) is 6.61 Å². The lowest BCUT2D eigenvalue weighted by Gasteiger charge is -2.55. The lowest BCUT2D eigenvalue weighted by molar-refractivity contribution is -0.360. The quantitative estimate of drug-likeness (QED) is 0.180. The highest BCUT2D eigenvalue weighted by atomic mass is 16.8. The fourth-order valence-corrected chi connectivity index (χ4v) is 8.14. The Kier molecular flexibility index (Phi) is 9.97. The van der Waals surface area contributed by atoms with Crippen molar-refractivity contribution in [1.29, 1.82) is 0 Å². The molecule has 0 spiro atoms. The van der Waals surface area contributed by atoms with Crippen LogP contribution in [0.5, 0.6) is 0 Å². The number of carbonyl (C=O) groups is 1. The number of rotatable bonds is 8. The van der Waals surface area contributed by atoms with E-state index in [2.05, 4.69) is 13.8 Å². The van der Waals surface area contributed by atoms with Gasteiger partial charge in [-0.05, 0) is 82.3 Å². The smallest absolute Gasteiger partial charge is 0.314 e. The molecule has 248 valence electrons. The molecule has 0 aromatic carbocycles. The second-order valence-electron chi connectivity index (χ2n) is 13.6. The molecule has 1 aromatic rings. The summed E-state index contributed by atoms with van der Waals surface area (Å²) >= 11 is 0. The minimum atomic E-state index is -1.70. The molecule has 44 heavy (non-hydrogen) atoms. The fourth-order valence-electron chi connectivity index (χ4n) is 8.14. The van der Waals surface area contributed by atoms with E-state index in [-0.39, 0.29) is 11.3 Å². The van der Waals surface area contributed by atoms with Gasteiger partial charge in [0.05, 0.1) is 30.7 Å². The monoisotopic (exact) mass is 624 g/mol. The van der Waals surface area contributed by atoms with E-state index in [4.69, 9.17) is 23.4 Å². The highest BCUT2D eigenvalue weighted by molar-refractivity contribution is 5.77. The SMILES string of the molecule is CC1=C(CCc2ccoc2)C2(C)CCCC(C)(C(=O)OC3OC(CO)C(O)C(O)C3OC3OC(C)C(O)C(O)C3O)C2CC1. The summed E-state index contributed by atoms with van der Waals surface area (Å²) in [7, 11) is 0. The van der Waals surface area contributed by atoms with Gasteiger partial charge in [-0.3, -0.25) is 4.79 Å². The van der Waals surface area contributed by atoms with E-state index in [9.17, 15) is 35.4 Å². The molecule has 1 saturated carbocycles. The van der Waals surface area contributed by atoms with Gasteiger partial charge >= 0.3 is 5.97 Å². The van der Waals surface area contributed by atoms with E-state index in [1.165, 1.54) is 18.1 Å². The predicted molar refractivity (Wildman–Crippen MR) is 154 cm³/mol. The zero-order valence-corrected chi connectivity index (χ0v) is 25.9. The molecule has 4 aliphatic rings. The molecule has 1 aromatic heterocycles. The summed E-state index contributed by atoms with van der Waals surface area (Å²) in [5.74, 6) is -0.581. The number of aryl methyl sites for hydroxylation is 1. The van der Waals surface area contributed by atoms with Crippen LogP contribution in [-0.4, -0.2) is 105 Å². The van der Waals surface area contributed by atoms with Crippen LogP contribution in [-0.2, 0) is 30.2 Å². The zero-order chi connectivity index (χ0) is 32.0. The molecule has 3 heterocycles. The Morgan fingerprint density at radius 2 is 1.73 bits per heavy atom. The maximum atomic E-state index is 14.2. The van der Waals surface area contributed by atoms with Crippen molar-refractivity contribution in [1.82, 2.24) is 0 Å². The third-order valence-corrected chi connectivity index (χ3v) is 10.8. The van der Waals surface area contributed by atoms with Crippen LogP contribution in [0.4, 0.5) is 0 Å². The molecular weight excluding hydrogens is 576 g/mol. The predicted octanol–water partition coefficient (Wildman–Crippen LogP) is 1.33. The van der Waals surface area contributed by atoms with Crippen LogP contribution in [0.2, 0.25) is 0 Å².